The molecule has 40 heavy (non-hydrogen) atoms. The van der Waals surface area contributed by atoms with Crippen LogP contribution in [0.4, 0.5) is 0 Å². The molecule has 1 aromatic heterocycles. The summed E-state index contributed by atoms with van der Waals surface area (Å²) in [7, 11) is 1.39. The second-order valence-corrected chi connectivity index (χ2v) is 10.9. The predicted molar refractivity (Wildman–Crippen MR) is 162 cm³/mol. The number of carbonyl (C=O) groups is 1. The Hall–Kier alpha value is -3.73. The zero-order valence-corrected chi connectivity index (χ0v) is 24.2. The van der Waals surface area contributed by atoms with Crippen LogP contribution in [0.3, 0.4) is 0 Å². The molecule has 0 aliphatic carbocycles. The molecule has 204 valence electrons. The predicted octanol–water partition coefficient (Wildman–Crippen LogP) is 9.68. The van der Waals surface area contributed by atoms with Gasteiger partial charge in [0.05, 0.1) is 18.9 Å². The second-order valence-electron chi connectivity index (χ2n) is 10.0. The first kappa shape index (κ1) is 27.8. The lowest BCUT2D eigenvalue weighted by atomic mass is 9.99. The second kappa shape index (κ2) is 12.2. The number of hydrogen-bond acceptors (Lipinski definition) is 4. The molecule has 0 fully saturated rings. The minimum atomic E-state index is -0.338. The van der Waals surface area contributed by atoms with Gasteiger partial charge in [-0.1, -0.05) is 73.4 Å². The third-order valence-electron chi connectivity index (χ3n) is 7.08. The lowest BCUT2D eigenvalue weighted by molar-refractivity contribution is 0.0601. The summed E-state index contributed by atoms with van der Waals surface area (Å²) in [5, 5.41) is 3.39. The lowest BCUT2D eigenvalue weighted by Crippen LogP contribution is -2.03. The molecule has 0 unspecified atom stereocenters. The average Bonchev–Trinajstić information content (AvgIpc) is 3.38. The summed E-state index contributed by atoms with van der Waals surface area (Å²) in [6.45, 7) is 4.64. The van der Waals surface area contributed by atoms with Gasteiger partial charge in [-0.2, -0.15) is 0 Å². The van der Waals surface area contributed by atoms with Crippen LogP contribution in [0, 0.1) is 0 Å². The summed E-state index contributed by atoms with van der Waals surface area (Å²) >= 11 is 12.8. The molecule has 0 spiro atoms. The van der Waals surface area contributed by atoms with E-state index in [2.05, 4.69) is 38.1 Å². The highest BCUT2D eigenvalue weighted by atomic mass is 35.5. The summed E-state index contributed by atoms with van der Waals surface area (Å²) in [5.41, 5.74) is 5.82. The standard InChI is InChI=1S/C34H30Cl2O4/c1-21(2)33-30(27(19-40-33)13-16-29-31(35)5-4-6-32(29)36)20-39-28-14-11-22(12-15-28)23-7-8-25-18-26(34(37)38-3)10-9-24(25)17-23/h4-12,14-15,17-19,21H,13,16,20H2,1-3H3. The van der Waals surface area contributed by atoms with E-state index in [1.54, 1.807) is 6.07 Å². The first-order valence-corrected chi connectivity index (χ1v) is 14.0. The van der Waals surface area contributed by atoms with Crippen molar-refractivity contribution in [2.75, 3.05) is 7.11 Å². The van der Waals surface area contributed by atoms with Crippen molar-refractivity contribution in [3.05, 3.63) is 123 Å². The molecule has 1 heterocycles. The van der Waals surface area contributed by atoms with E-state index in [1.807, 2.05) is 54.8 Å². The quantitative estimate of drug-likeness (QED) is 0.165. The zero-order chi connectivity index (χ0) is 28.2. The van der Waals surface area contributed by atoms with Gasteiger partial charge in [0.15, 0.2) is 0 Å². The zero-order valence-electron chi connectivity index (χ0n) is 22.7. The monoisotopic (exact) mass is 572 g/mol. The molecule has 0 saturated heterocycles. The number of methoxy groups -OCH3 is 1. The van der Waals surface area contributed by atoms with E-state index in [9.17, 15) is 4.79 Å². The molecule has 5 rings (SSSR count). The van der Waals surface area contributed by atoms with Crippen LogP contribution in [-0.2, 0) is 24.2 Å². The maximum atomic E-state index is 11.8. The summed E-state index contributed by atoms with van der Waals surface area (Å²) in [5.74, 6) is 1.61. The van der Waals surface area contributed by atoms with Gasteiger partial charge in [0, 0.05) is 21.5 Å². The minimum absolute atomic E-state index is 0.232. The number of ether oxygens (including phenoxy) is 2. The van der Waals surface area contributed by atoms with Crippen molar-refractivity contribution >= 4 is 39.9 Å². The van der Waals surface area contributed by atoms with Gasteiger partial charge >= 0.3 is 5.97 Å². The molecule has 0 atom stereocenters. The van der Waals surface area contributed by atoms with Gasteiger partial charge < -0.3 is 13.9 Å². The molecule has 4 nitrogen and oxygen atoms in total. The Balaban J connectivity index is 1.30. The van der Waals surface area contributed by atoms with E-state index in [4.69, 9.17) is 37.1 Å². The molecule has 0 amide bonds. The summed E-state index contributed by atoms with van der Waals surface area (Å²) in [6.07, 6.45) is 3.29. The van der Waals surface area contributed by atoms with Crippen molar-refractivity contribution in [1.29, 1.82) is 0 Å². The Morgan fingerprint density at radius 2 is 1.50 bits per heavy atom. The topological polar surface area (TPSA) is 48.7 Å². The number of furan rings is 1. The normalized spacial score (nSPS) is 11.2. The van der Waals surface area contributed by atoms with E-state index < -0.39 is 0 Å². The molecule has 6 heteroatoms. The first-order valence-electron chi connectivity index (χ1n) is 13.2. The third kappa shape index (κ3) is 6.04. The van der Waals surface area contributed by atoms with Crippen molar-refractivity contribution in [2.24, 2.45) is 0 Å². The Bertz CT molecular complexity index is 1630. The van der Waals surface area contributed by atoms with Gasteiger partial charge in [0.1, 0.15) is 18.1 Å². The van der Waals surface area contributed by atoms with Crippen molar-refractivity contribution in [1.82, 2.24) is 0 Å². The van der Waals surface area contributed by atoms with Crippen molar-refractivity contribution < 1.29 is 18.7 Å². The number of carbonyl (C=O) groups excluding carboxylic acids is 1. The molecule has 4 aromatic carbocycles. The highest BCUT2D eigenvalue weighted by molar-refractivity contribution is 6.36. The molecule has 0 bridgehead atoms. The third-order valence-corrected chi connectivity index (χ3v) is 7.78. The van der Waals surface area contributed by atoms with Crippen LogP contribution < -0.4 is 4.74 Å². The molecular formula is C34H30Cl2O4. The fourth-order valence-corrected chi connectivity index (χ4v) is 5.48. The van der Waals surface area contributed by atoms with Gasteiger partial charge in [-0.25, -0.2) is 4.79 Å². The van der Waals surface area contributed by atoms with Gasteiger partial charge in [0.25, 0.3) is 0 Å². The SMILES string of the molecule is COC(=O)c1ccc2cc(-c3ccc(OCc4c(CCc5c(Cl)cccc5Cl)coc4C(C)C)cc3)ccc2c1. The fourth-order valence-electron chi connectivity index (χ4n) is 4.89. The van der Waals surface area contributed by atoms with Crippen molar-refractivity contribution in [3.8, 4) is 16.9 Å². The molecule has 5 aromatic rings. The van der Waals surface area contributed by atoms with Crippen LogP contribution in [0.5, 0.6) is 5.75 Å². The van der Waals surface area contributed by atoms with E-state index in [-0.39, 0.29) is 11.9 Å². The molecule has 0 N–H and O–H groups in total. The summed E-state index contributed by atoms with van der Waals surface area (Å²) in [6, 6.07) is 25.4. The number of benzene rings is 4. The molecular weight excluding hydrogens is 543 g/mol. The highest BCUT2D eigenvalue weighted by Crippen LogP contribution is 2.31. The number of hydrogen-bond donors (Lipinski definition) is 0. The van der Waals surface area contributed by atoms with E-state index in [0.717, 1.165) is 56.5 Å². The minimum Gasteiger partial charge on any atom is -0.489 e. The van der Waals surface area contributed by atoms with Crippen molar-refractivity contribution in [2.45, 2.75) is 39.2 Å². The van der Waals surface area contributed by atoms with Crippen molar-refractivity contribution in [3.63, 3.8) is 0 Å². The number of esters is 1. The van der Waals surface area contributed by atoms with E-state index in [0.29, 0.717) is 28.6 Å². The van der Waals surface area contributed by atoms with Crippen LogP contribution >= 0.6 is 23.2 Å². The lowest BCUT2D eigenvalue weighted by Gasteiger charge is -2.12. The summed E-state index contributed by atoms with van der Waals surface area (Å²) in [4.78, 5) is 11.8. The molecule has 0 radical (unpaired) electrons. The van der Waals surface area contributed by atoms with Crippen LogP contribution in [0.15, 0.2) is 89.5 Å². The van der Waals surface area contributed by atoms with Gasteiger partial charge in [-0.15, -0.1) is 0 Å². The molecule has 0 aliphatic rings. The molecule has 0 aliphatic heterocycles. The van der Waals surface area contributed by atoms with Crippen LogP contribution in [0.25, 0.3) is 21.9 Å². The van der Waals surface area contributed by atoms with Gasteiger partial charge in [0.2, 0.25) is 0 Å². The maximum absolute atomic E-state index is 11.8. The van der Waals surface area contributed by atoms with Gasteiger partial charge in [-0.3, -0.25) is 0 Å². The Kier molecular flexibility index (Phi) is 8.49. The van der Waals surface area contributed by atoms with Crippen LogP contribution in [0.1, 0.15) is 52.6 Å². The largest absolute Gasteiger partial charge is 0.489 e. The van der Waals surface area contributed by atoms with E-state index >= 15 is 0 Å². The Morgan fingerprint density at radius 3 is 2.20 bits per heavy atom. The summed E-state index contributed by atoms with van der Waals surface area (Å²) < 4.78 is 17.0. The van der Waals surface area contributed by atoms with Crippen LogP contribution in [-0.4, -0.2) is 13.1 Å². The van der Waals surface area contributed by atoms with Crippen LogP contribution in [0.2, 0.25) is 10.0 Å². The smallest absolute Gasteiger partial charge is 0.337 e. The number of fused-ring (bicyclic) bond motifs is 1. The highest BCUT2D eigenvalue weighted by Gasteiger charge is 2.18. The average molecular weight is 574 g/mol. The first-order chi connectivity index (χ1) is 19.3. The maximum Gasteiger partial charge on any atom is 0.337 e. The molecule has 0 saturated carbocycles. The number of aryl methyl sites for hydroxylation is 1. The van der Waals surface area contributed by atoms with E-state index in [1.165, 1.54) is 7.11 Å². The Labute approximate surface area is 244 Å². The number of rotatable bonds is 9. The fraction of sp³-hybridized carbons (Fsp3) is 0.206. The number of halogens is 2. The Morgan fingerprint density at radius 1 is 0.825 bits per heavy atom. The van der Waals surface area contributed by atoms with Gasteiger partial charge in [-0.05, 0) is 88.3 Å².